The van der Waals surface area contributed by atoms with Gasteiger partial charge in [-0.2, -0.15) is 0 Å². The summed E-state index contributed by atoms with van der Waals surface area (Å²) in [4.78, 5) is 45.2. The molecule has 0 bridgehead atoms. The second-order valence-corrected chi connectivity index (χ2v) is 9.54. The Kier molecular flexibility index (Phi) is 6.93. The Morgan fingerprint density at radius 3 is 2.75 bits per heavy atom. The molecule has 4 heterocycles. The van der Waals surface area contributed by atoms with E-state index in [9.17, 15) is 9.59 Å². The Hall–Kier alpha value is -3.99. The molecule has 0 radical (unpaired) electrons. The minimum absolute atomic E-state index is 0.00458. The van der Waals surface area contributed by atoms with Gasteiger partial charge in [-0.1, -0.05) is 6.07 Å². The van der Waals surface area contributed by atoms with E-state index in [1.165, 1.54) is 12.0 Å². The lowest BCUT2D eigenvalue weighted by molar-refractivity contribution is -0.124. The van der Waals surface area contributed by atoms with Crippen LogP contribution < -0.4 is 15.1 Å². The van der Waals surface area contributed by atoms with Crippen molar-refractivity contribution in [3.63, 3.8) is 0 Å². The molecule has 190 valence electrons. The van der Waals surface area contributed by atoms with Crippen LogP contribution in [0.4, 0.5) is 16.3 Å². The number of nitrogens with zero attached hydrogens (tertiary/aromatic N) is 5. The molecule has 0 fully saturated rings. The summed E-state index contributed by atoms with van der Waals surface area (Å²) in [6.07, 6.45) is 1.26. The van der Waals surface area contributed by atoms with Crippen molar-refractivity contribution in [2.24, 2.45) is 4.99 Å². The van der Waals surface area contributed by atoms with Gasteiger partial charge in [0.2, 0.25) is 5.91 Å². The Labute approximate surface area is 209 Å². The molecule has 3 aromatic heterocycles. The molecule has 1 aliphatic heterocycles. The predicted octanol–water partition coefficient (Wildman–Crippen LogP) is 3.24. The van der Waals surface area contributed by atoms with Crippen molar-refractivity contribution in [2.45, 2.75) is 39.5 Å². The van der Waals surface area contributed by atoms with Gasteiger partial charge in [-0.3, -0.25) is 14.7 Å². The number of amides is 2. The number of aromatic nitrogens is 3. The number of H-pyrrole nitrogens is 1. The largest absolute Gasteiger partial charge is 0.443 e. The number of aliphatic imine (C=N–C) groups is 1. The number of hydrogen-bond acceptors (Lipinski definition) is 8. The monoisotopic (exact) mass is 493 g/mol. The second-order valence-electron chi connectivity index (χ2n) is 9.54. The number of carbonyl (C=O) groups is 2. The van der Waals surface area contributed by atoms with E-state index in [4.69, 9.17) is 14.5 Å². The molecule has 11 nitrogen and oxygen atoms in total. The number of carbonyl (C=O) groups excluding carboxylic acids is 2. The third-order valence-corrected chi connectivity index (χ3v) is 5.49. The number of methoxy groups -OCH3 is 1. The molecule has 3 aromatic rings. The normalized spacial score (nSPS) is 13.0. The Bertz CT molecular complexity index is 1330. The van der Waals surface area contributed by atoms with Gasteiger partial charge in [-0.25, -0.2) is 14.8 Å². The first kappa shape index (κ1) is 25.1. The highest BCUT2D eigenvalue weighted by Crippen LogP contribution is 2.39. The highest BCUT2D eigenvalue weighted by molar-refractivity contribution is 6.04. The minimum atomic E-state index is -0.635. The summed E-state index contributed by atoms with van der Waals surface area (Å²) in [5.74, 6) is 0.267. The molecule has 0 spiro atoms. The minimum Gasteiger partial charge on any atom is -0.443 e. The van der Waals surface area contributed by atoms with Crippen molar-refractivity contribution < 1.29 is 19.1 Å². The predicted molar refractivity (Wildman–Crippen MR) is 138 cm³/mol. The number of nitrogens with one attached hydrogen (secondary N) is 2. The molecule has 2 N–H and O–H groups in total. The van der Waals surface area contributed by atoms with Crippen LogP contribution in [0.2, 0.25) is 0 Å². The number of fused-ring (bicyclic) bond motifs is 3. The average molecular weight is 494 g/mol. The molecule has 1 aliphatic rings. The van der Waals surface area contributed by atoms with Crippen molar-refractivity contribution in [2.75, 3.05) is 37.6 Å². The number of pyridine rings is 2. The number of anilines is 2. The fourth-order valence-corrected chi connectivity index (χ4v) is 3.95. The van der Waals surface area contributed by atoms with Gasteiger partial charge in [0.25, 0.3) is 0 Å². The Morgan fingerprint density at radius 1 is 1.25 bits per heavy atom. The van der Waals surface area contributed by atoms with Gasteiger partial charge in [-0.15, -0.1) is 0 Å². The van der Waals surface area contributed by atoms with Crippen LogP contribution in [-0.4, -0.2) is 66.7 Å². The standard InChI is InChI=1S/C25H31N7O4/c1-25(2,3)36-24(34)32(5)23-17-12-26-14-31(4)21(17)16-10-19(29-22(16)30-23)18-9-7-8-15(28-18)11-27-20(33)13-35-6/h7-10,14H,11-13H2,1-6H3,(H,27,33)(H,29,30). The molecule has 0 saturated heterocycles. The molecule has 2 amide bonds. The van der Waals surface area contributed by atoms with Crippen LogP contribution in [0.1, 0.15) is 32.0 Å². The quantitative estimate of drug-likeness (QED) is 0.540. The van der Waals surface area contributed by atoms with E-state index in [1.54, 1.807) is 13.4 Å². The summed E-state index contributed by atoms with van der Waals surface area (Å²) < 4.78 is 10.4. The van der Waals surface area contributed by atoms with Crippen LogP contribution in [0.25, 0.3) is 22.4 Å². The van der Waals surface area contributed by atoms with Crippen molar-refractivity contribution >= 4 is 40.9 Å². The number of ether oxygens (including phenoxy) is 2. The Morgan fingerprint density at radius 2 is 2.03 bits per heavy atom. The summed E-state index contributed by atoms with van der Waals surface area (Å²) in [5.41, 5.74) is 3.88. The summed E-state index contributed by atoms with van der Waals surface area (Å²) in [6.45, 7) is 6.14. The number of rotatable bonds is 6. The highest BCUT2D eigenvalue weighted by atomic mass is 16.6. The van der Waals surface area contributed by atoms with Gasteiger partial charge in [-0.05, 0) is 39.0 Å². The van der Waals surface area contributed by atoms with Crippen molar-refractivity contribution in [3.05, 3.63) is 35.5 Å². The van der Waals surface area contributed by atoms with Gasteiger partial charge in [0.1, 0.15) is 23.7 Å². The highest BCUT2D eigenvalue weighted by Gasteiger charge is 2.28. The third kappa shape index (κ3) is 5.30. The second kappa shape index (κ2) is 9.94. The SMILES string of the molecule is COCC(=O)NCc1cccc(-c2cc3c4c(c(N(C)C(=O)OC(C)(C)C)nc3[nH]2)CN=CN4C)n1. The van der Waals surface area contributed by atoms with Crippen LogP contribution in [0.15, 0.2) is 29.3 Å². The zero-order valence-corrected chi connectivity index (χ0v) is 21.4. The molecule has 0 unspecified atom stereocenters. The van der Waals surface area contributed by atoms with E-state index < -0.39 is 11.7 Å². The smallest absolute Gasteiger partial charge is 0.415 e. The summed E-state index contributed by atoms with van der Waals surface area (Å²) in [5, 5.41) is 3.66. The van der Waals surface area contributed by atoms with Crippen LogP contribution in [0.3, 0.4) is 0 Å². The fourth-order valence-electron chi connectivity index (χ4n) is 3.95. The van der Waals surface area contributed by atoms with E-state index in [2.05, 4.69) is 20.3 Å². The fraction of sp³-hybridized carbons (Fsp3) is 0.400. The van der Waals surface area contributed by atoms with Gasteiger partial charge >= 0.3 is 6.09 Å². The van der Waals surface area contributed by atoms with E-state index in [0.29, 0.717) is 29.4 Å². The van der Waals surface area contributed by atoms with Gasteiger partial charge < -0.3 is 24.7 Å². The first-order valence-electron chi connectivity index (χ1n) is 11.5. The van der Waals surface area contributed by atoms with Crippen molar-refractivity contribution in [1.29, 1.82) is 0 Å². The maximum atomic E-state index is 12.8. The summed E-state index contributed by atoms with van der Waals surface area (Å²) in [7, 11) is 5.03. The maximum absolute atomic E-state index is 12.8. The molecular formula is C25H31N7O4. The van der Waals surface area contributed by atoms with Crippen LogP contribution in [0.5, 0.6) is 0 Å². The topological polar surface area (TPSA) is 125 Å². The first-order chi connectivity index (χ1) is 17.1. The first-order valence-corrected chi connectivity index (χ1v) is 11.5. The third-order valence-electron chi connectivity index (χ3n) is 5.49. The molecule has 36 heavy (non-hydrogen) atoms. The molecule has 4 rings (SSSR count). The van der Waals surface area contributed by atoms with Crippen LogP contribution >= 0.6 is 0 Å². The zero-order chi connectivity index (χ0) is 26.0. The molecule has 0 atom stereocenters. The number of aromatic amines is 1. The summed E-state index contributed by atoms with van der Waals surface area (Å²) >= 11 is 0. The molecule has 0 aliphatic carbocycles. The molecule has 0 aromatic carbocycles. The molecule has 11 heteroatoms. The molecular weight excluding hydrogens is 462 g/mol. The van der Waals surface area contributed by atoms with Crippen LogP contribution in [0, 0.1) is 0 Å². The van der Waals surface area contributed by atoms with E-state index in [1.807, 2.05) is 57.0 Å². The van der Waals surface area contributed by atoms with Crippen LogP contribution in [-0.2, 0) is 27.4 Å². The van der Waals surface area contributed by atoms with Crippen molar-refractivity contribution in [3.8, 4) is 11.4 Å². The Balaban J connectivity index is 1.73. The lowest BCUT2D eigenvalue weighted by atomic mass is 10.1. The van der Waals surface area contributed by atoms with E-state index in [0.717, 1.165) is 22.3 Å². The summed E-state index contributed by atoms with van der Waals surface area (Å²) in [6, 6.07) is 7.60. The lowest BCUT2D eigenvalue weighted by Crippen LogP contribution is -2.35. The zero-order valence-electron chi connectivity index (χ0n) is 21.4. The van der Waals surface area contributed by atoms with Crippen molar-refractivity contribution in [1.82, 2.24) is 20.3 Å². The average Bonchev–Trinajstić information content (AvgIpc) is 3.25. The van der Waals surface area contributed by atoms with Gasteiger partial charge in [0.15, 0.2) is 0 Å². The van der Waals surface area contributed by atoms with E-state index >= 15 is 0 Å². The lowest BCUT2D eigenvalue weighted by Gasteiger charge is -2.28. The van der Waals surface area contributed by atoms with Gasteiger partial charge in [0.05, 0.1) is 42.2 Å². The molecule has 0 saturated carbocycles. The maximum Gasteiger partial charge on any atom is 0.415 e. The number of hydrogen-bond donors (Lipinski definition) is 2. The van der Waals surface area contributed by atoms with Gasteiger partial charge in [0, 0.05) is 32.2 Å². The van der Waals surface area contributed by atoms with E-state index in [-0.39, 0.29) is 19.1 Å².